The second-order valence-corrected chi connectivity index (χ2v) is 17.8. The molecule has 0 N–H and O–H groups in total. The van der Waals surface area contributed by atoms with E-state index in [-0.39, 0.29) is 22.0 Å². The summed E-state index contributed by atoms with van der Waals surface area (Å²) in [5, 5.41) is 3.60. The third-order valence-electron chi connectivity index (χ3n) is 14.6. The lowest BCUT2D eigenvalue weighted by atomic mass is 9.64. The van der Waals surface area contributed by atoms with Gasteiger partial charge in [0, 0.05) is 0 Å². The summed E-state index contributed by atoms with van der Waals surface area (Å²) in [5.41, 5.74) is 8.45. The van der Waals surface area contributed by atoms with Crippen molar-refractivity contribution < 1.29 is 13.2 Å². The Kier molecular flexibility index (Phi) is 11.5. The van der Waals surface area contributed by atoms with Crippen LogP contribution in [0.3, 0.4) is 0 Å². The van der Waals surface area contributed by atoms with E-state index < -0.39 is 11.6 Å². The first-order valence-corrected chi connectivity index (χ1v) is 22.3. The van der Waals surface area contributed by atoms with Crippen molar-refractivity contribution in [1.82, 2.24) is 0 Å². The quantitative estimate of drug-likeness (QED) is 0.115. The Morgan fingerprint density at radius 2 is 0.742 bits per heavy atom. The predicted molar refractivity (Wildman–Crippen MR) is 258 cm³/mol. The van der Waals surface area contributed by atoms with E-state index in [0.717, 1.165) is 91.7 Å². The van der Waals surface area contributed by atoms with Gasteiger partial charge >= 0.3 is 6.18 Å². The van der Waals surface area contributed by atoms with Crippen LogP contribution in [0.1, 0.15) is 96.4 Å². The molecule has 0 saturated carbocycles. The highest BCUT2D eigenvalue weighted by Gasteiger charge is 2.54. The second kappa shape index (κ2) is 16.7. The van der Waals surface area contributed by atoms with Crippen molar-refractivity contribution in [2.45, 2.75) is 96.6 Å². The average Bonchev–Trinajstić information content (AvgIpc) is 3.32. The lowest BCUT2D eigenvalue weighted by Crippen LogP contribution is -2.40. The summed E-state index contributed by atoms with van der Waals surface area (Å²) in [5.74, 6) is 0. The van der Waals surface area contributed by atoms with E-state index in [4.69, 9.17) is 0 Å². The van der Waals surface area contributed by atoms with E-state index in [9.17, 15) is 0 Å². The molecule has 8 rings (SSSR count). The Morgan fingerprint density at radius 1 is 0.371 bits per heavy atom. The summed E-state index contributed by atoms with van der Waals surface area (Å²) >= 11 is 0. The van der Waals surface area contributed by atoms with Crippen LogP contribution in [0.2, 0.25) is 0 Å². The van der Waals surface area contributed by atoms with Crippen LogP contribution in [-0.2, 0) is 16.2 Å². The molecule has 0 amide bonds. The Hall–Kier alpha value is -5.93. The number of hydrogen-bond donors (Lipinski definition) is 0. The Labute approximate surface area is 366 Å². The summed E-state index contributed by atoms with van der Waals surface area (Å²) in [6.07, 6.45) is -1.21. The number of fused-ring (bicyclic) bond motifs is 2. The van der Waals surface area contributed by atoms with Crippen LogP contribution in [-0.4, -0.2) is 6.18 Å². The normalized spacial score (nSPS) is 13.4. The third-order valence-corrected chi connectivity index (χ3v) is 14.6. The van der Waals surface area contributed by atoms with Crippen molar-refractivity contribution >= 4 is 21.5 Å². The fourth-order valence-electron chi connectivity index (χ4n) is 9.86. The van der Waals surface area contributed by atoms with Crippen LogP contribution in [0.5, 0.6) is 0 Å². The molecule has 1 atom stereocenters. The van der Waals surface area contributed by atoms with Crippen LogP contribution < -0.4 is 0 Å². The molecular formula is C59H57F3. The standard InChI is InChI=1S/C59H57F3/c1-8-56(5,9-2)54-48-35-34-47(39-51(48)55(57(6,10-3)11-4)53(43-30-22-15-23-31-43)52(54)42-28-20-14-21-29-42)58(7,59(60,61)62)46-33-32-44-37-49(40-24-16-12-17-25-40)50(38-45(44)36-46)41-26-18-13-19-27-41/h12-39H,8-11H2,1-7H3. The second-order valence-electron chi connectivity index (χ2n) is 17.8. The summed E-state index contributed by atoms with van der Waals surface area (Å²) in [7, 11) is 0. The van der Waals surface area contributed by atoms with Gasteiger partial charge in [-0.25, -0.2) is 0 Å². The lowest BCUT2D eigenvalue weighted by Gasteiger charge is -2.39. The van der Waals surface area contributed by atoms with Gasteiger partial charge in [0.1, 0.15) is 5.41 Å². The number of rotatable bonds is 12. The number of halogens is 3. The van der Waals surface area contributed by atoms with E-state index in [1.165, 1.54) is 18.1 Å². The largest absolute Gasteiger partial charge is 0.402 e. The molecular weight excluding hydrogens is 766 g/mol. The van der Waals surface area contributed by atoms with E-state index in [0.29, 0.717) is 0 Å². The zero-order valence-electron chi connectivity index (χ0n) is 37.1. The fourth-order valence-corrected chi connectivity index (χ4v) is 9.86. The fraction of sp³-hybridized carbons (Fsp3) is 0.254. The molecule has 0 aliphatic heterocycles. The highest BCUT2D eigenvalue weighted by Crippen LogP contribution is 2.55. The van der Waals surface area contributed by atoms with E-state index >= 15 is 13.2 Å². The minimum Gasteiger partial charge on any atom is -0.170 e. The van der Waals surface area contributed by atoms with Crippen LogP contribution in [0.25, 0.3) is 66.1 Å². The molecule has 3 heteroatoms. The molecule has 0 spiro atoms. The van der Waals surface area contributed by atoms with Crippen LogP contribution in [0.15, 0.2) is 170 Å². The third kappa shape index (κ3) is 7.24. The van der Waals surface area contributed by atoms with Crippen molar-refractivity contribution in [2.75, 3.05) is 0 Å². The van der Waals surface area contributed by atoms with Gasteiger partial charge in [-0.05, 0) is 156 Å². The number of benzene rings is 8. The molecule has 314 valence electrons. The molecule has 0 aromatic heterocycles. The van der Waals surface area contributed by atoms with Gasteiger partial charge in [0.15, 0.2) is 0 Å². The molecule has 0 saturated heterocycles. The first kappa shape index (κ1) is 42.7. The van der Waals surface area contributed by atoms with Crippen LogP contribution in [0, 0.1) is 0 Å². The SMILES string of the molecule is CCC(C)(CC)c1c(-c2ccccc2)c(-c2ccccc2)c(C(C)(CC)CC)c2cc(C(C)(c3ccc4cc(-c5ccccc5)c(-c5ccccc5)cc4c3)C(F)(F)F)ccc12. The zero-order valence-corrected chi connectivity index (χ0v) is 37.1. The monoisotopic (exact) mass is 822 g/mol. The Bertz CT molecular complexity index is 2830. The minimum atomic E-state index is -4.62. The molecule has 62 heavy (non-hydrogen) atoms. The summed E-state index contributed by atoms with van der Waals surface area (Å²) < 4.78 is 49.1. The minimum absolute atomic E-state index is 0.218. The molecule has 0 aliphatic carbocycles. The van der Waals surface area contributed by atoms with Crippen molar-refractivity contribution in [3.8, 4) is 44.5 Å². The highest BCUT2D eigenvalue weighted by molar-refractivity contribution is 6.05. The summed E-state index contributed by atoms with van der Waals surface area (Å²) in [6.45, 7) is 14.9. The maximum absolute atomic E-state index is 16.4. The molecule has 0 nitrogen and oxygen atoms in total. The first-order chi connectivity index (χ1) is 29.8. The first-order valence-electron chi connectivity index (χ1n) is 22.3. The van der Waals surface area contributed by atoms with Gasteiger partial charge < -0.3 is 0 Å². The Morgan fingerprint density at radius 3 is 1.16 bits per heavy atom. The van der Waals surface area contributed by atoms with Gasteiger partial charge in [0.2, 0.25) is 0 Å². The van der Waals surface area contributed by atoms with Gasteiger partial charge in [0.25, 0.3) is 0 Å². The molecule has 0 heterocycles. The smallest absolute Gasteiger partial charge is 0.170 e. The molecule has 8 aromatic rings. The molecule has 8 aromatic carbocycles. The van der Waals surface area contributed by atoms with E-state index in [1.54, 1.807) is 18.2 Å². The number of alkyl halides is 3. The van der Waals surface area contributed by atoms with Crippen molar-refractivity contribution in [3.63, 3.8) is 0 Å². The highest BCUT2D eigenvalue weighted by atomic mass is 19.4. The van der Waals surface area contributed by atoms with Crippen molar-refractivity contribution in [1.29, 1.82) is 0 Å². The van der Waals surface area contributed by atoms with Gasteiger partial charge in [-0.15, -0.1) is 0 Å². The van der Waals surface area contributed by atoms with Gasteiger partial charge in [0.05, 0.1) is 0 Å². The summed E-state index contributed by atoms with van der Waals surface area (Å²) in [4.78, 5) is 0. The van der Waals surface area contributed by atoms with Gasteiger partial charge in [-0.2, -0.15) is 13.2 Å². The zero-order chi connectivity index (χ0) is 43.9. The van der Waals surface area contributed by atoms with Gasteiger partial charge in [-0.3, -0.25) is 0 Å². The van der Waals surface area contributed by atoms with Gasteiger partial charge in [-0.1, -0.05) is 187 Å². The van der Waals surface area contributed by atoms with Crippen LogP contribution in [0.4, 0.5) is 13.2 Å². The lowest BCUT2D eigenvalue weighted by molar-refractivity contribution is -0.173. The van der Waals surface area contributed by atoms with E-state index in [1.807, 2.05) is 60.7 Å². The molecule has 0 fully saturated rings. The predicted octanol–water partition coefficient (Wildman–Crippen LogP) is 17.7. The maximum atomic E-state index is 16.4. The maximum Gasteiger partial charge on any atom is 0.402 e. The topological polar surface area (TPSA) is 0 Å². The molecule has 0 radical (unpaired) electrons. The van der Waals surface area contributed by atoms with Crippen molar-refractivity contribution in [3.05, 3.63) is 192 Å². The average molecular weight is 823 g/mol. The van der Waals surface area contributed by atoms with E-state index in [2.05, 4.69) is 133 Å². The molecule has 0 bridgehead atoms. The Balaban J connectivity index is 1.47. The van der Waals surface area contributed by atoms with Crippen molar-refractivity contribution in [2.24, 2.45) is 0 Å². The van der Waals surface area contributed by atoms with Crippen LogP contribution >= 0.6 is 0 Å². The number of hydrogen-bond acceptors (Lipinski definition) is 0. The summed E-state index contributed by atoms with van der Waals surface area (Å²) in [6, 6.07) is 56.8. The molecule has 0 aliphatic rings. The molecule has 1 unspecified atom stereocenters.